The molecule has 2 aromatic carbocycles. The van der Waals surface area contributed by atoms with Crippen molar-refractivity contribution in [2.24, 2.45) is 5.92 Å². The van der Waals surface area contributed by atoms with Crippen LogP contribution in [-0.4, -0.2) is 6.11 Å². The fourth-order valence-electron chi connectivity index (χ4n) is 5.23. The number of hydrogen-bond acceptors (Lipinski definition) is 1. The first-order valence-corrected chi connectivity index (χ1v) is 13.7. The Morgan fingerprint density at radius 3 is 1.97 bits per heavy atom. The summed E-state index contributed by atoms with van der Waals surface area (Å²) >= 11 is 0. The van der Waals surface area contributed by atoms with Crippen LogP contribution < -0.4 is 0 Å². The summed E-state index contributed by atoms with van der Waals surface area (Å²) in [6, 6.07) is 15.7. The predicted octanol–water partition coefficient (Wildman–Crippen LogP) is 9.63. The molecule has 1 nitrogen and oxygen atoms in total. The normalized spacial score (nSPS) is 18.8. The molecule has 0 atom stereocenters. The Morgan fingerprint density at radius 1 is 0.735 bits per heavy atom. The van der Waals surface area contributed by atoms with Crippen LogP contribution in [0, 0.1) is 5.92 Å². The van der Waals surface area contributed by atoms with Crippen LogP contribution in [0.1, 0.15) is 113 Å². The maximum atomic E-state index is 14.4. The van der Waals surface area contributed by atoms with E-state index < -0.39 is 6.11 Å². The molecule has 0 radical (unpaired) electrons. The first kappa shape index (κ1) is 26.9. The van der Waals surface area contributed by atoms with E-state index in [1.165, 1.54) is 75.3 Å². The standard InChI is InChI=1S/C31H44F2O/c1-3-5-7-9-25-11-13-27(14-12-25)23-31(32,33)34-24-28-17-21-30(22-18-28)29-19-15-26(16-20-29)10-8-6-4-2/h11-14,17-18,21-22,26,29H,3-10,15-16,19-20,23-24H2,1-2H3. The SMILES string of the molecule is CCCCCc1ccc(CC(F)(F)OCc2ccc(C3CCC(CCCCC)CC3)cc2)cc1. The van der Waals surface area contributed by atoms with Crippen molar-refractivity contribution in [3.63, 3.8) is 0 Å². The first-order valence-electron chi connectivity index (χ1n) is 13.7. The molecule has 0 amide bonds. The summed E-state index contributed by atoms with van der Waals surface area (Å²) in [5, 5.41) is 0. The van der Waals surface area contributed by atoms with E-state index in [-0.39, 0.29) is 13.0 Å². The van der Waals surface area contributed by atoms with Crippen molar-refractivity contribution in [1.82, 2.24) is 0 Å². The van der Waals surface area contributed by atoms with Crippen LogP contribution in [0.4, 0.5) is 8.78 Å². The van der Waals surface area contributed by atoms with Gasteiger partial charge in [0, 0.05) is 0 Å². The molecule has 2 aromatic rings. The molecule has 0 bridgehead atoms. The molecule has 0 aromatic heterocycles. The quantitative estimate of drug-likeness (QED) is 0.250. The molecule has 0 aliphatic heterocycles. The first-order chi connectivity index (χ1) is 16.5. The Labute approximate surface area is 206 Å². The Hall–Kier alpha value is -1.74. The van der Waals surface area contributed by atoms with Gasteiger partial charge in [-0.25, -0.2) is 0 Å². The minimum Gasteiger partial charge on any atom is -0.315 e. The molecular weight excluding hydrogens is 426 g/mol. The van der Waals surface area contributed by atoms with Crippen molar-refractivity contribution in [1.29, 1.82) is 0 Å². The van der Waals surface area contributed by atoms with E-state index in [1.807, 2.05) is 36.4 Å². The van der Waals surface area contributed by atoms with Crippen molar-refractivity contribution in [3.05, 3.63) is 70.8 Å². The van der Waals surface area contributed by atoms with Gasteiger partial charge in [-0.15, -0.1) is 0 Å². The molecule has 1 aliphatic carbocycles. The van der Waals surface area contributed by atoms with Crippen LogP contribution >= 0.6 is 0 Å². The van der Waals surface area contributed by atoms with Gasteiger partial charge in [-0.1, -0.05) is 101 Å². The lowest BCUT2D eigenvalue weighted by atomic mass is 9.77. The molecule has 3 heteroatoms. The van der Waals surface area contributed by atoms with Gasteiger partial charge in [-0.3, -0.25) is 0 Å². The summed E-state index contributed by atoms with van der Waals surface area (Å²) in [5.74, 6) is 1.51. The molecule has 0 heterocycles. The van der Waals surface area contributed by atoms with Gasteiger partial charge in [0.05, 0.1) is 13.0 Å². The highest BCUT2D eigenvalue weighted by Gasteiger charge is 2.30. The highest BCUT2D eigenvalue weighted by atomic mass is 19.3. The molecule has 188 valence electrons. The van der Waals surface area contributed by atoms with Gasteiger partial charge >= 0.3 is 6.11 Å². The van der Waals surface area contributed by atoms with E-state index in [0.29, 0.717) is 11.5 Å². The largest absolute Gasteiger partial charge is 0.360 e. The zero-order valence-electron chi connectivity index (χ0n) is 21.3. The zero-order valence-corrected chi connectivity index (χ0v) is 21.3. The highest BCUT2D eigenvalue weighted by molar-refractivity contribution is 5.26. The molecule has 1 saturated carbocycles. The van der Waals surface area contributed by atoms with Crippen molar-refractivity contribution in [2.45, 2.75) is 116 Å². The summed E-state index contributed by atoms with van der Waals surface area (Å²) in [5.41, 5.74) is 3.99. The molecule has 0 unspecified atom stereocenters. The predicted molar refractivity (Wildman–Crippen MR) is 138 cm³/mol. The molecule has 1 fully saturated rings. The minimum atomic E-state index is -3.17. The average molecular weight is 471 g/mol. The Bertz CT molecular complexity index is 804. The summed E-state index contributed by atoms with van der Waals surface area (Å²) in [7, 11) is 0. The van der Waals surface area contributed by atoms with Crippen LogP contribution in [0.2, 0.25) is 0 Å². The Morgan fingerprint density at radius 2 is 1.32 bits per heavy atom. The lowest BCUT2D eigenvalue weighted by Crippen LogP contribution is -2.23. The third kappa shape index (κ3) is 9.13. The number of alkyl halides is 2. The smallest absolute Gasteiger partial charge is 0.315 e. The van der Waals surface area contributed by atoms with Crippen LogP contribution in [0.15, 0.2) is 48.5 Å². The monoisotopic (exact) mass is 470 g/mol. The van der Waals surface area contributed by atoms with Crippen molar-refractivity contribution in [2.75, 3.05) is 0 Å². The average Bonchev–Trinajstić information content (AvgIpc) is 2.85. The summed E-state index contributed by atoms with van der Waals surface area (Å²) in [4.78, 5) is 0. The molecule has 34 heavy (non-hydrogen) atoms. The third-order valence-corrected chi connectivity index (χ3v) is 7.47. The van der Waals surface area contributed by atoms with E-state index in [1.54, 1.807) is 0 Å². The van der Waals surface area contributed by atoms with Crippen molar-refractivity contribution in [3.8, 4) is 0 Å². The molecular formula is C31H44F2O. The lowest BCUT2D eigenvalue weighted by Gasteiger charge is -2.29. The summed E-state index contributed by atoms with van der Waals surface area (Å²) in [6.45, 7) is 4.38. The van der Waals surface area contributed by atoms with E-state index in [4.69, 9.17) is 4.74 Å². The van der Waals surface area contributed by atoms with E-state index in [0.717, 1.165) is 24.3 Å². The molecule has 0 spiro atoms. The highest BCUT2D eigenvalue weighted by Crippen LogP contribution is 2.38. The van der Waals surface area contributed by atoms with E-state index >= 15 is 0 Å². The number of unbranched alkanes of at least 4 members (excludes halogenated alkanes) is 4. The number of hydrogen-bond donors (Lipinski definition) is 0. The van der Waals surface area contributed by atoms with Gasteiger partial charge in [-0.2, -0.15) is 8.78 Å². The molecule has 3 rings (SSSR count). The summed E-state index contributed by atoms with van der Waals surface area (Å²) in [6.07, 6.45) is 11.5. The number of rotatable bonds is 14. The maximum Gasteiger partial charge on any atom is 0.360 e. The second-order valence-corrected chi connectivity index (χ2v) is 10.3. The van der Waals surface area contributed by atoms with Gasteiger partial charge in [-0.05, 0) is 72.6 Å². The topological polar surface area (TPSA) is 9.23 Å². The number of aryl methyl sites for hydroxylation is 1. The summed E-state index contributed by atoms with van der Waals surface area (Å²) < 4.78 is 33.9. The van der Waals surface area contributed by atoms with E-state index in [2.05, 4.69) is 26.0 Å². The van der Waals surface area contributed by atoms with Crippen LogP contribution in [-0.2, 0) is 24.2 Å². The van der Waals surface area contributed by atoms with Crippen LogP contribution in [0.3, 0.4) is 0 Å². The van der Waals surface area contributed by atoms with Crippen LogP contribution in [0.25, 0.3) is 0 Å². The van der Waals surface area contributed by atoms with Gasteiger partial charge < -0.3 is 4.74 Å². The second-order valence-electron chi connectivity index (χ2n) is 10.3. The maximum absolute atomic E-state index is 14.4. The van der Waals surface area contributed by atoms with Gasteiger partial charge in [0.25, 0.3) is 0 Å². The molecule has 0 N–H and O–H groups in total. The number of benzene rings is 2. The molecule has 0 saturated heterocycles. The van der Waals surface area contributed by atoms with Crippen LogP contribution in [0.5, 0.6) is 0 Å². The Balaban J connectivity index is 1.42. The van der Waals surface area contributed by atoms with E-state index in [9.17, 15) is 8.78 Å². The van der Waals surface area contributed by atoms with Crippen molar-refractivity contribution < 1.29 is 13.5 Å². The van der Waals surface area contributed by atoms with Crippen molar-refractivity contribution >= 4 is 0 Å². The fourth-order valence-corrected chi connectivity index (χ4v) is 5.23. The fraction of sp³-hybridized carbons (Fsp3) is 0.613. The molecule has 1 aliphatic rings. The minimum absolute atomic E-state index is 0.0629. The number of halogens is 2. The zero-order chi connectivity index (χ0) is 24.2. The third-order valence-electron chi connectivity index (χ3n) is 7.47. The van der Waals surface area contributed by atoms with Gasteiger partial charge in [0.15, 0.2) is 0 Å². The Kier molecular flexibility index (Phi) is 11.0. The van der Waals surface area contributed by atoms with Gasteiger partial charge in [0.2, 0.25) is 0 Å². The van der Waals surface area contributed by atoms with Gasteiger partial charge in [0.1, 0.15) is 0 Å². The lowest BCUT2D eigenvalue weighted by molar-refractivity contribution is -0.244. The second kappa shape index (κ2) is 14.0. The number of ether oxygens (including phenoxy) is 1.